The van der Waals surface area contributed by atoms with Crippen molar-refractivity contribution in [3.63, 3.8) is 0 Å². The molecule has 5 heterocycles. The molecule has 0 spiro atoms. The lowest BCUT2D eigenvalue weighted by Crippen LogP contribution is -2.47. The first-order chi connectivity index (χ1) is 24.1. The SMILES string of the molecule is C=C1C2=CC(C=CC)=CC=C1C1CC3C[N+](C=CC(C)C(C)(C)CCC)=C4CC(C)C(C)=CC=C4c4ccc5ccc6ccc([n+]1c6c5[n+]43)C2. The van der Waals surface area contributed by atoms with Crippen LogP contribution < -0.4 is 9.13 Å². The average Bonchev–Trinajstić information content (AvgIpc) is 3.50. The smallest absolute Gasteiger partial charge is 0.195 e. The fourth-order valence-electron chi connectivity index (χ4n) is 9.32. The fourth-order valence-corrected chi connectivity index (χ4v) is 9.32. The number of allylic oxidation sites excluding steroid dienone is 14. The van der Waals surface area contributed by atoms with Crippen molar-refractivity contribution >= 4 is 33.1 Å². The minimum atomic E-state index is 0.174. The summed E-state index contributed by atoms with van der Waals surface area (Å²) in [6, 6.07) is 14.7. The normalized spacial score (nSPS) is 23.9. The third-order valence-electron chi connectivity index (χ3n) is 12.7. The Labute approximate surface area is 299 Å². The maximum atomic E-state index is 4.80. The van der Waals surface area contributed by atoms with Crippen LogP contribution in [0.25, 0.3) is 27.4 Å². The first-order valence-corrected chi connectivity index (χ1v) is 19.1. The van der Waals surface area contributed by atoms with E-state index in [2.05, 4.69) is 153 Å². The summed E-state index contributed by atoms with van der Waals surface area (Å²) in [6.45, 7) is 22.1. The Morgan fingerprint density at radius 3 is 2.48 bits per heavy atom. The van der Waals surface area contributed by atoms with Gasteiger partial charge < -0.3 is 0 Å². The van der Waals surface area contributed by atoms with Gasteiger partial charge >= 0.3 is 0 Å². The fraction of sp³-hybridized carbons (Fsp3) is 0.383. The Bertz CT molecular complexity index is 2220. The van der Waals surface area contributed by atoms with Gasteiger partial charge in [-0.3, -0.25) is 0 Å². The summed E-state index contributed by atoms with van der Waals surface area (Å²) < 4.78 is 8.15. The molecule has 3 heteroatoms. The highest BCUT2D eigenvalue weighted by Crippen LogP contribution is 2.42. The standard InChI is InChI=1S/C47H54N3/c1-9-11-34-13-20-40-33(6)37(26-34)27-38-18-16-35-14-15-36-17-21-42-41-19-12-30(3)31(4)25-43(41)48(24-22-32(5)47(7,8)23-10-2)29-39-28-44(40)49(38)45(35)46(36)50(39)42/h9,11-22,24,26,31-32,39,44H,6,10,23,25,27-29H2,1-5,7-8H3/q+3. The van der Waals surface area contributed by atoms with Crippen LogP contribution in [0, 0.1) is 17.3 Å². The minimum Gasteiger partial charge on any atom is -0.195 e. The Hall–Kier alpha value is -4.37. The van der Waals surface area contributed by atoms with E-state index in [1.807, 2.05) is 0 Å². The summed E-state index contributed by atoms with van der Waals surface area (Å²) in [5.41, 5.74) is 15.1. The van der Waals surface area contributed by atoms with Crippen molar-refractivity contribution in [2.75, 3.05) is 6.54 Å². The molecule has 2 aromatic heterocycles. The first-order valence-electron chi connectivity index (χ1n) is 19.1. The highest BCUT2D eigenvalue weighted by molar-refractivity contribution is 6.21. The van der Waals surface area contributed by atoms with E-state index in [0.717, 1.165) is 25.8 Å². The van der Waals surface area contributed by atoms with Crippen LogP contribution >= 0.6 is 0 Å². The number of hydrogen-bond acceptors (Lipinski definition) is 0. The van der Waals surface area contributed by atoms with Crippen LogP contribution in [0.3, 0.4) is 0 Å². The van der Waals surface area contributed by atoms with E-state index in [4.69, 9.17) is 6.58 Å². The van der Waals surface area contributed by atoms with Gasteiger partial charge in [0.1, 0.15) is 5.57 Å². The van der Waals surface area contributed by atoms with Crippen LogP contribution in [-0.2, 0) is 6.42 Å². The molecule has 4 atom stereocenters. The van der Waals surface area contributed by atoms with Crippen molar-refractivity contribution in [1.29, 1.82) is 0 Å². The second-order valence-corrected chi connectivity index (χ2v) is 16.3. The quantitative estimate of drug-likeness (QED) is 0.184. The summed E-state index contributed by atoms with van der Waals surface area (Å²) in [7, 11) is 0. The predicted octanol–water partition coefficient (Wildman–Crippen LogP) is 10.3. The predicted molar refractivity (Wildman–Crippen MR) is 209 cm³/mol. The molecule has 0 amide bonds. The van der Waals surface area contributed by atoms with Crippen LogP contribution in [0.15, 0.2) is 126 Å². The Kier molecular flexibility index (Phi) is 8.17. The zero-order valence-electron chi connectivity index (χ0n) is 31.3. The molecule has 0 fully saturated rings. The molecule has 3 aliphatic heterocycles. The lowest BCUT2D eigenvalue weighted by Gasteiger charge is -2.29. The van der Waals surface area contributed by atoms with Crippen LogP contribution in [-0.4, -0.2) is 16.8 Å². The molecular weight excluding hydrogens is 607 g/mol. The molecule has 5 aliphatic rings. The van der Waals surface area contributed by atoms with Crippen molar-refractivity contribution in [2.24, 2.45) is 17.3 Å². The molecule has 1 aromatic carbocycles. The van der Waals surface area contributed by atoms with Crippen molar-refractivity contribution in [1.82, 2.24) is 0 Å². The maximum absolute atomic E-state index is 4.80. The Morgan fingerprint density at radius 2 is 1.72 bits per heavy atom. The van der Waals surface area contributed by atoms with Crippen molar-refractivity contribution < 1.29 is 13.7 Å². The maximum Gasteiger partial charge on any atom is 0.286 e. The molecule has 2 bridgehead atoms. The molecule has 50 heavy (non-hydrogen) atoms. The zero-order valence-corrected chi connectivity index (χ0v) is 31.3. The largest absolute Gasteiger partial charge is 0.286 e. The number of rotatable bonds is 6. The highest BCUT2D eigenvalue weighted by Gasteiger charge is 2.49. The van der Waals surface area contributed by atoms with E-state index in [-0.39, 0.29) is 17.5 Å². The van der Waals surface area contributed by atoms with E-state index in [1.54, 1.807) is 0 Å². The first kappa shape index (κ1) is 32.8. The monoisotopic (exact) mass is 660 g/mol. The van der Waals surface area contributed by atoms with E-state index in [0.29, 0.717) is 11.8 Å². The van der Waals surface area contributed by atoms with Crippen molar-refractivity contribution in [3.8, 4) is 0 Å². The van der Waals surface area contributed by atoms with Gasteiger partial charge in [0, 0.05) is 24.1 Å². The Balaban J connectivity index is 1.40. The van der Waals surface area contributed by atoms with Gasteiger partial charge in [-0.05, 0) is 90.7 Å². The number of benzene rings is 1. The molecule has 0 saturated heterocycles. The summed E-state index contributed by atoms with van der Waals surface area (Å²) in [4.78, 5) is 0. The van der Waals surface area contributed by atoms with Gasteiger partial charge in [-0.25, -0.2) is 0 Å². The van der Waals surface area contributed by atoms with Crippen LogP contribution in [0.5, 0.6) is 0 Å². The Morgan fingerprint density at radius 1 is 0.980 bits per heavy atom. The van der Waals surface area contributed by atoms with E-state index in [9.17, 15) is 0 Å². The molecular formula is C47H54N3+3. The molecule has 0 saturated carbocycles. The second-order valence-electron chi connectivity index (χ2n) is 16.3. The van der Waals surface area contributed by atoms with Gasteiger partial charge in [0.15, 0.2) is 23.6 Å². The minimum absolute atomic E-state index is 0.174. The molecule has 8 rings (SSSR count). The zero-order chi connectivity index (χ0) is 34.9. The second kappa shape index (κ2) is 12.4. The summed E-state index contributed by atoms with van der Waals surface area (Å²) in [6.07, 6.45) is 26.6. The number of nitrogens with zero attached hydrogens (tertiary/aromatic N) is 3. The van der Waals surface area contributed by atoms with Crippen LogP contribution in [0.1, 0.15) is 97.6 Å². The molecule has 0 radical (unpaired) electrons. The van der Waals surface area contributed by atoms with Gasteiger partial charge in [-0.2, -0.15) is 13.7 Å². The topological polar surface area (TPSA) is 10.8 Å². The summed E-state index contributed by atoms with van der Waals surface area (Å²) in [5, 5.41) is 2.62. The molecule has 4 unspecified atom stereocenters. The van der Waals surface area contributed by atoms with E-state index < -0.39 is 0 Å². The van der Waals surface area contributed by atoms with Crippen molar-refractivity contribution in [2.45, 2.75) is 92.7 Å². The number of pyridine rings is 2. The molecule has 3 nitrogen and oxygen atoms in total. The van der Waals surface area contributed by atoms with E-state index in [1.165, 1.54) is 85.2 Å². The van der Waals surface area contributed by atoms with Crippen LogP contribution in [0.2, 0.25) is 0 Å². The summed E-state index contributed by atoms with van der Waals surface area (Å²) in [5.74, 6) is 0.954. The van der Waals surface area contributed by atoms with Gasteiger partial charge in [0.05, 0.1) is 23.6 Å². The third-order valence-corrected chi connectivity index (χ3v) is 12.7. The van der Waals surface area contributed by atoms with Gasteiger partial charge in [-0.1, -0.05) is 89.6 Å². The molecule has 2 aliphatic carbocycles. The van der Waals surface area contributed by atoms with Crippen LogP contribution in [0.4, 0.5) is 0 Å². The van der Waals surface area contributed by atoms with Crippen molar-refractivity contribution in [3.05, 3.63) is 137 Å². The van der Waals surface area contributed by atoms with Gasteiger partial charge in [0.2, 0.25) is 18.3 Å². The summed E-state index contributed by atoms with van der Waals surface area (Å²) >= 11 is 0. The van der Waals surface area contributed by atoms with Gasteiger partial charge in [0.25, 0.3) is 11.0 Å². The molecule has 254 valence electrons. The number of fused-ring (bicyclic) bond motifs is 5. The lowest BCUT2D eigenvalue weighted by molar-refractivity contribution is -0.728. The molecule has 0 N–H and O–H groups in total. The third kappa shape index (κ3) is 5.27. The average molecular weight is 661 g/mol. The number of hydrogen-bond donors (Lipinski definition) is 0. The van der Waals surface area contributed by atoms with E-state index >= 15 is 0 Å². The van der Waals surface area contributed by atoms with Gasteiger partial charge in [-0.15, -0.1) is 0 Å². The molecule has 3 aromatic rings. The highest BCUT2D eigenvalue weighted by atomic mass is 15.2. The number of aromatic nitrogens is 2. The lowest BCUT2D eigenvalue weighted by atomic mass is 9.76.